The van der Waals surface area contributed by atoms with Gasteiger partial charge in [-0.2, -0.15) is 4.98 Å². The molecule has 10 nitrogen and oxygen atoms in total. The normalized spacial score (nSPS) is 23.3. The molecule has 10 heteroatoms. The Morgan fingerprint density at radius 3 is 2.76 bits per heavy atom. The second kappa shape index (κ2) is 7.36. The summed E-state index contributed by atoms with van der Waals surface area (Å²) in [5, 5.41) is 2.84. The molecule has 174 valence electrons. The highest BCUT2D eigenvalue weighted by atomic mass is 16.5. The van der Waals surface area contributed by atoms with E-state index in [0.29, 0.717) is 29.7 Å². The van der Waals surface area contributed by atoms with Crippen LogP contribution in [0.1, 0.15) is 49.7 Å². The summed E-state index contributed by atoms with van der Waals surface area (Å²) in [4.78, 5) is 31.0. The first kappa shape index (κ1) is 20.8. The second-order valence-corrected chi connectivity index (χ2v) is 9.56. The molecular weight excluding hydrogens is 436 g/mol. The summed E-state index contributed by atoms with van der Waals surface area (Å²) in [6.45, 7) is 6.56. The lowest BCUT2D eigenvalue weighted by atomic mass is 9.62. The fraction of sp³-hybridized carbons (Fsp3) is 0.375. The number of rotatable bonds is 6. The molecule has 1 amide bonds. The summed E-state index contributed by atoms with van der Waals surface area (Å²) in [6, 6.07) is 5.27. The molecule has 0 aromatic carbocycles. The van der Waals surface area contributed by atoms with Crippen LogP contribution in [0.3, 0.4) is 0 Å². The minimum Gasteiger partial charge on any atom is -0.474 e. The number of aromatic nitrogens is 5. The number of imidazole rings is 1. The minimum absolute atomic E-state index is 0.0482. The molecule has 34 heavy (non-hydrogen) atoms. The van der Waals surface area contributed by atoms with Crippen LogP contribution in [-0.4, -0.2) is 48.6 Å². The molecule has 6 heterocycles. The van der Waals surface area contributed by atoms with E-state index in [0.717, 1.165) is 18.5 Å². The fourth-order valence-electron chi connectivity index (χ4n) is 4.95. The Kier molecular flexibility index (Phi) is 4.50. The highest BCUT2D eigenvalue weighted by Crippen LogP contribution is 2.58. The van der Waals surface area contributed by atoms with Crippen LogP contribution in [0.15, 0.2) is 47.6 Å². The van der Waals surface area contributed by atoms with Crippen LogP contribution in [0.2, 0.25) is 0 Å². The van der Waals surface area contributed by atoms with Crippen molar-refractivity contribution in [1.29, 1.82) is 0 Å². The van der Waals surface area contributed by atoms with Gasteiger partial charge in [0.1, 0.15) is 17.1 Å². The van der Waals surface area contributed by atoms with Crippen LogP contribution in [0.25, 0.3) is 17.2 Å². The van der Waals surface area contributed by atoms with E-state index in [4.69, 9.17) is 18.9 Å². The number of amides is 1. The number of hydrogen-bond donors (Lipinski definition) is 1. The maximum atomic E-state index is 13.3. The highest BCUT2D eigenvalue weighted by Gasteiger charge is 2.61. The van der Waals surface area contributed by atoms with Crippen LogP contribution in [0, 0.1) is 0 Å². The maximum absolute atomic E-state index is 13.3. The zero-order valence-corrected chi connectivity index (χ0v) is 19.1. The van der Waals surface area contributed by atoms with Gasteiger partial charge in [-0.3, -0.25) is 9.20 Å². The third kappa shape index (κ3) is 3.41. The van der Waals surface area contributed by atoms with Gasteiger partial charge in [-0.1, -0.05) is 6.07 Å². The van der Waals surface area contributed by atoms with Crippen molar-refractivity contribution >= 4 is 17.5 Å². The first-order valence-corrected chi connectivity index (χ1v) is 11.2. The molecule has 2 aliphatic heterocycles. The van der Waals surface area contributed by atoms with E-state index < -0.39 is 0 Å². The van der Waals surface area contributed by atoms with Crippen LogP contribution >= 0.6 is 0 Å². The summed E-state index contributed by atoms with van der Waals surface area (Å²) in [5.74, 6) is 1.21. The van der Waals surface area contributed by atoms with Crippen LogP contribution in [-0.2, 0) is 10.2 Å². The molecule has 3 fully saturated rings. The first-order valence-electron chi connectivity index (χ1n) is 11.2. The summed E-state index contributed by atoms with van der Waals surface area (Å²) in [5.41, 5.74) is 1.66. The Bertz CT molecular complexity index is 1390. The molecule has 0 atom stereocenters. The van der Waals surface area contributed by atoms with E-state index in [1.54, 1.807) is 35.0 Å². The molecule has 7 rings (SSSR count). The monoisotopic (exact) mass is 460 g/mol. The number of fused-ring (bicyclic) bond motifs is 2. The highest BCUT2D eigenvalue weighted by molar-refractivity contribution is 6.05. The van der Waals surface area contributed by atoms with Gasteiger partial charge < -0.3 is 19.2 Å². The van der Waals surface area contributed by atoms with Crippen molar-refractivity contribution in [2.75, 3.05) is 11.9 Å². The van der Waals surface area contributed by atoms with Crippen molar-refractivity contribution in [3.63, 3.8) is 0 Å². The predicted molar refractivity (Wildman–Crippen MR) is 122 cm³/mol. The number of hydrogen-bond acceptors (Lipinski definition) is 8. The zero-order valence-electron chi connectivity index (χ0n) is 19.1. The van der Waals surface area contributed by atoms with Crippen molar-refractivity contribution in [2.24, 2.45) is 0 Å². The Balaban J connectivity index is 1.33. The lowest BCUT2D eigenvalue weighted by Gasteiger charge is -2.41. The largest absolute Gasteiger partial charge is 0.474 e. The van der Waals surface area contributed by atoms with Gasteiger partial charge in [0, 0.05) is 17.8 Å². The molecule has 4 aromatic heterocycles. The molecule has 2 saturated heterocycles. The molecule has 4 aromatic rings. The molecule has 3 aliphatic rings. The van der Waals surface area contributed by atoms with Crippen LogP contribution in [0.5, 0.6) is 5.88 Å². The molecular formula is C24H24N6O4. The minimum atomic E-state index is -0.388. The van der Waals surface area contributed by atoms with E-state index in [9.17, 15) is 4.79 Å². The molecule has 1 saturated carbocycles. The molecule has 0 unspecified atom stereocenters. The number of anilines is 1. The predicted octanol–water partition coefficient (Wildman–Crippen LogP) is 3.64. The van der Waals surface area contributed by atoms with E-state index in [-0.39, 0.29) is 34.5 Å². The van der Waals surface area contributed by atoms with Crippen molar-refractivity contribution in [1.82, 2.24) is 24.3 Å². The van der Waals surface area contributed by atoms with Gasteiger partial charge in [-0.15, -0.1) is 0 Å². The Hall–Kier alpha value is -3.79. The Labute approximate surface area is 195 Å². The van der Waals surface area contributed by atoms with E-state index >= 15 is 0 Å². The smallest absolute Gasteiger partial charge is 0.263 e. The van der Waals surface area contributed by atoms with Crippen LogP contribution < -0.4 is 10.1 Å². The number of ether oxygens (including phenoxy) is 2. The summed E-state index contributed by atoms with van der Waals surface area (Å²) in [6.07, 6.45) is 8.26. The van der Waals surface area contributed by atoms with Crippen molar-refractivity contribution in [2.45, 2.75) is 50.7 Å². The number of carbonyl (C=O) groups is 1. The van der Waals surface area contributed by atoms with Gasteiger partial charge in [0.15, 0.2) is 12.2 Å². The van der Waals surface area contributed by atoms with Crippen molar-refractivity contribution in [3.05, 3.63) is 54.4 Å². The summed E-state index contributed by atoms with van der Waals surface area (Å²) < 4.78 is 18.9. The summed E-state index contributed by atoms with van der Waals surface area (Å²) in [7, 11) is 0. The van der Waals surface area contributed by atoms with Crippen molar-refractivity contribution < 1.29 is 18.7 Å². The third-order valence-corrected chi connectivity index (χ3v) is 6.35. The molecule has 1 aliphatic carbocycles. The Morgan fingerprint density at radius 2 is 2.06 bits per heavy atom. The van der Waals surface area contributed by atoms with Gasteiger partial charge in [0.2, 0.25) is 11.7 Å². The fourth-order valence-corrected chi connectivity index (χ4v) is 4.95. The molecule has 0 spiro atoms. The quantitative estimate of drug-likeness (QED) is 0.464. The van der Waals surface area contributed by atoms with Crippen LogP contribution in [0.4, 0.5) is 5.82 Å². The van der Waals surface area contributed by atoms with Gasteiger partial charge in [-0.25, -0.2) is 15.0 Å². The summed E-state index contributed by atoms with van der Waals surface area (Å²) >= 11 is 0. The van der Waals surface area contributed by atoms with Gasteiger partial charge in [0.25, 0.3) is 5.91 Å². The molecule has 1 N–H and O–H groups in total. The first-order chi connectivity index (χ1) is 16.3. The molecule has 2 bridgehead atoms. The average molecular weight is 460 g/mol. The van der Waals surface area contributed by atoms with E-state index in [1.807, 2.05) is 20.0 Å². The van der Waals surface area contributed by atoms with E-state index in [1.165, 1.54) is 6.39 Å². The SMILES string of the molecule is CC(C)Oc1nc2nc(C34COC(C)(C3)C4)cn2cc1C(=O)Nc1cccc(-c2cnco2)n1. The maximum Gasteiger partial charge on any atom is 0.263 e. The lowest BCUT2D eigenvalue weighted by Crippen LogP contribution is -2.45. The standard InChI is InChI=1S/C24H24N6O4/c1-14(2)34-21-15(20(31)28-19-6-4-5-16(26-19)17-7-25-13-32-17)8-30-9-18(27-22(30)29-21)24-10-23(3,11-24)33-12-24/h4-9,13-14H,10-12H2,1-3H3,(H,26,28,31). The number of pyridine rings is 1. The lowest BCUT2D eigenvalue weighted by molar-refractivity contribution is 0.0154. The van der Waals surface area contributed by atoms with E-state index in [2.05, 4.69) is 27.2 Å². The average Bonchev–Trinajstić information content (AvgIpc) is 3.55. The topological polar surface area (TPSA) is 117 Å². The van der Waals surface area contributed by atoms with Gasteiger partial charge in [-0.05, 0) is 45.7 Å². The zero-order chi connectivity index (χ0) is 23.5. The number of carbonyl (C=O) groups excluding carboxylic acids is 1. The number of oxazole rings is 1. The number of nitrogens with zero attached hydrogens (tertiary/aromatic N) is 5. The number of nitrogens with one attached hydrogen (secondary N) is 1. The van der Waals surface area contributed by atoms with Crippen molar-refractivity contribution in [3.8, 4) is 17.3 Å². The van der Waals surface area contributed by atoms with Gasteiger partial charge in [0.05, 0.1) is 30.2 Å². The molecule has 0 radical (unpaired) electrons. The van der Waals surface area contributed by atoms with Gasteiger partial charge >= 0.3 is 0 Å². The second-order valence-electron chi connectivity index (χ2n) is 9.56. The third-order valence-electron chi connectivity index (χ3n) is 6.35. The Morgan fingerprint density at radius 1 is 1.21 bits per heavy atom.